The summed E-state index contributed by atoms with van der Waals surface area (Å²) in [7, 11) is 0. The molecule has 0 N–H and O–H groups in total. The molecule has 1 rings (SSSR count). The summed E-state index contributed by atoms with van der Waals surface area (Å²) in [5.74, 6) is 0.481. The highest BCUT2D eigenvalue weighted by Crippen LogP contribution is 2.31. The molecule has 98 valence electrons. The van der Waals surface area contributed by atoms with Crippen LogP contribution in [0.15, 0.2) is 0 Å². The maximum absolute atomic E-state index is 13.6. The van der Waals surface area contributed by atoms with Gasteiger partial charge in [0.25, 0.3) is 0 Å². The first-order chi connectivity index (χ1) is 7.87. The van der Waals surface area contributed by atoms with Crippen molar-refractivity contribution in [1.82, 2.24) is 0 Å². The van der Waals surface area contributed by atoms with Gasteiger partial charge in [0.15, 0.2) is 11.9 Å². The average Bonchev–Trinajstić information content (AvgIpc) is 2.59. The monoisotopic (exact) mass is 246 g/mol. The molecular weight excluding hydrogens is 226 g/mol. The molecule has 0 aromatic heterocycles. The van der Waals surface area contributed by atoms with Gasteiger partial charge in [0, 0.05) is 6.42 Å². The van der Waals surface area contributed by atoms with Gasteiger partial charge < -0.3 is 9.47 Å². The molecule has 2 nitrogen and oxygen atoms in total. The highest BCUT2D eigenvalue weighted by molar-refractivity contribution is 5.13. The first kappa shape index (κ1) is 14.4. The number of alkyl halides is 2. The Bertz CT molecular complexity index is 302. The number of hydrogen-bond donors (Lipinski definition) is 0. The molecule has 1 fully saturated rings. The van der Waals surface area contributed by atoms with E-state index in [4.69, 9.17) is 9.47 Å². The number of hydrogen-bond acceptors (Lipinski definition) is 2. The minimum Gasteiger partial charge on any atom is -0.348 e. The first-order valence-electron chi connectivity index (χ1n) is 6.07. The van der Waals surface area contributed by atoms with Gasteiger partial charge in [0.05, 0.1) is 6.61 Å². The molecule has 0 saturated carbocycles. The van der Waals surface area contributed by atoms with Crippen LogP contribution in [0.3, 0.4) is 0 Å². The van der Waals surface area contributed by atoms with Crippen molar-refractivity contribution in [1.29, 1.82) is 0 Å². The first-order valence-corrected chi connectivity index (χ1v) is 6.07. The number of rotatable bonds is 4. The van der Waals surface area contributed by atoms with Gasteiger partial charge in [-0.05, 0) is 26.2 Å². The van der Waals surface area contributed by atoms with Crippen LogP contribution in [0.5, 0.6) is 0 Å². The van der Waals surface area contributed by atoms with Crippen molar-refractivity contribution in [3.63, 3.8) is 0 Å². The normalized spacial score (nSPS) is 23.2. The Morgan fingerprint density at radius 2 is 2.06 bits per heavy atom. The maximum atomic E-state index is 13.6. The minimum absolute atomic E-state index is 0.107. The van der Waals surface area contributed by atoms with Gasteiger partial charge in [-0.3, -0.25) is 0 Å². The third-order valence-electron chi connectivity index (χ3n) is 2.57. The van der Waals surface area contributed by atoms with E-state index < -0.39 is 17.8 Å². The zero-order chi connectivity index (χ0) is 12.9. The molecule has 1 aliphatic rings. The van der Waals surface area contributed by atoms with Gasteiger partial charge >= 0.3 is 5.92 Å². The van der Waals surface area contributed by atoms with E-state index in [1.807, 2.05) is 5.92 Å². The molecule has 17 heavy (non-hydrogen) atoms. The van der Waals surface area contributed by atoms with Crippen LogP contribution in [0.2, 0.25) is 0 Å². The van der Waals surface area contributed by atoms with E-state index in [9.17, 15) is 8.78 Å². The van der Waals surface area contributed by atoms with E-state index in [1.54, 1.807) is 13.8 Å². The lowest BCUT2D eigenvalue weighted by Gasteiger charge is -2.19. The van der Waals surface area contributed by atoms with Gasteiger partial charge in [-0.25, -0.2) is 0 Å². The van der Waals surface area contributed by atoms with Crippen LogP contribution in [-0.2, 0) is 9.47 Å². The zero-order valence-electron chi connectivity index (χ0n) is 10.7. The van der Waals surface area contributed by atoms with E-state index in [0.717, 1.165) is 19.3 Å². The Hall–Kier alpha value is -0.660. The Labute approximate surface area is 102 Å². The zero-order valence-corrected chi connectivity index (χ0v) is 10.7. The number of ether oxygens (including phenoxy) is 2. The predicted octanol–water partition coefficient (Wildman–Crippen LogP) is 3.36. The third-order valence-corrected chi connectivity index (χ3v) is 2.57. The highest BCUT2D eigenvalue weighted by atomic mass is 19.3. The van der Waals surface area contributed by atoms with Gasteiger partial charge in [0.1, 0.15) is 0 Å². The standard InChI is InChI=1S/C13H20F2O2/c1-4-5-6-7-8-9-13(14,15)11-10-16-12(2,3)17-11/h11H,4-7,10H2,1-3H3/t11-/m1/s1. The summed E-state index contributed by atoms with van der Waals surface area (Å²) in [5.41, 5.74) is 0. The van der Waals surface area contributed by atoms with Crippen LogP contribution in [0.4, 0.5) is 8.78 Å². The van der Waals surface area contributed by atoms with Gasteiger partial charge in [-0.2, -0.15) is 8.78 Å². The summed E-state index contributed by atoms with van der Waals surface area (Å²) in [6, 6.07) is 0. The van der Waals surface area contributed by atoms with Crippen molar-refractivity contribution >= 4 is 0 Å². The molecule has 1 saturated heterocycles. The molecule has 0 aliphatic carbocycles. The van der Waals surface area contributed by atoms with E-state index >= 15 is 0 Å². The fraction of sp³-hybridized carbons (Fsp3) is 0.846. The van der Waals surface area contributed by atoms with E-state index in [1.165, 1.54) is 0 Å². The molecule has 0 spiro atoms. The largest absolute Gasteiger partial charge is 0.348 e. The molecular formula is C13H20F2O2. The summed E-state index contributed by atoms with van der Waals surface area (Å²) < 4.78 is 37.4. The lowest BCUT2D eigenvalue weighted by molar-refractivity contribution is -0.167. The SMILES string of the molecule is CCCCCC#CC(F)(F)[C@H]1COC(C)(C)O1. The molecule has 0 aromatic carbocycles. The Morgan fingerprint density at radius 1 is 1.35 bits per heavy atom. The van der Waals surface area contributed by atoms with Crippen molar-refractivity contribution in [2.45, 2.75) is 64.3 Å². The van der Waals surface area contributed by atoms with Crippen LogP contribution in [0.25, 0.3) is 0 Å². The third kappa shape index (κ3) is 4.61. The summed E-state index contributed by atoms with van der Waals surface area (Å²) in [5, 5.41) is 0. The van der Waals surface area contributed by atoms with Crippen LogP contribution in [-0.4, -0.2) is 24.4 Å². The van der Waals surface area contributed by atoms with Crippen molar-refractivity contribution in [3.05, 3.63) is 0 Å². The molecule has 0 amide bonds. The van der Waals surface area contributed by atoms with Crippen molar-refractivity contribution in [2.24, 2.45) is 0 Å². The molecule has 0 radical (unpaired) electrons. The fourth-order valence-electron chi connectivity index (χ4n) is 1.59. The highest BCUT2D eigenvalue weighted by Gasteiger charge is 2.47. The minimum atomic E-state index is -3.13. The van der Waals surface area contributed by atoms with Crippen LogP contribution in [0, 0.1) is 11.8 Å². The lowest BCUT2D eigenvalue weighted by Crippen LogP contribution is -2.35. The Balaban J connectivity index is 2.45. The van der Waals surface area contributed by atoms with Crippen molar-refractivity contribution in [3.8, 4) is 11.8 Å². The fourth-order valence-corrected chi connectivity index (χ4v) is 1.59. The summed E-state index contributed by atoms with van der Waals surface area (Å²) in [4.78, 5) is 0. The molecule has 1 aliphatic heterocycles. The summed E-state index contributed by atoms with van der Waals surface area (Å²) >= 11 is 0. The molecule has 1 atom stereocenters. The predicted molar refractivity (Wildman–Crippen MR) is 61.8 cm³/mol. The summed E-state index contributed by atoms with van der Waals surface area (Å²) in [6.45, 7) is 5.20. The summed E-state index contributed by atoms with van der Waals surface area (Å²) in [6.07, 6.45) is 2.21. The Morgan fingerprint density at radius 3 is 2.59 bits per heavy atom. The molecule has 4 heteroatoms. The van der Waals surface area contributed by atoms with E-state index in [0.29, 0.717) is 6.42 Å². The molecule has 1 heterocycles. The Kier molecular flexibility index (Phi) is 4.91. The second-order valence-electron chi connectivity index (χ2n) is 4.70. The second-order valence-corrected chi connectivity index (χ2v) is 4.70. The lowest BCUT2D eigenvalue weighted by atomic mass is 10.1. The second kappa shape index (κ2) is 5.79. The number of halogens is 2. The van der Waals surface area contributed by atoms with Gasteiger partial charge in [-0.15, -0.1) is 0 Å². The number of unbranched alkanes of at least 4 members (excludes halogenated alkanes) is 3. The van der Waals surface area contributed by atoms with E-state index in [-0.39, 0.29) is 6.61 Å². The van der Waals surface area contributed by atoms with Crippen LogP contribution in [0.1, 0.15) is 46.5 Å². The van der Waals surface area contributed by atoms with E-state index in [2.05, 4.69) is 12.8 Å². The van der Waals surface area contributed by atoms with Crippen molar-refractivity contribution in [2.75, 3.05) is 6.61 Å². The van der Waals surface area contributed by atoms with Crippen LogP contribution < -0.4 is 0 Å². The maximum Gasteiger partial charge on any atom is 0.336 e. The quantitative estimate of drug-likeness (QED) is 0.559. The topological polar surface area (TPSA) is 18.5 Å². The smallest absolute Gasteiger partial charge is 0.336 e. The average molecular weight is 246 g/mol. The molecule has 0 bridgehead atoms. The molecule has 0 aromatic rings. The van der Waals surface area contributed by atoms with Crippen LogP contribution >= 0.6 is 0 Å². The molecule has 0 unspecified atom stereocenters. The van der Waals surface area contributed by atoms with Gasteiger partial charge in [0.2, 0.25) is 0 Å². The van der Waals surface area contributed by atoms with Gasteiger partial charge in [-0.1, -0.05) is 25.7 Å². The van der Waals surface area contributed by atoms with Crippen molar-refractivity contribution < 1.29 is 18.3 Å².